The third kappa shape index (κ3) is 4.46. The number of aliphatic imine (C=N–C) groups is 1. The SMILES string of the molecule is CC1(C)C2=C(c3cc(C4=Nc5ccccc5C(c5ccccc5)N4)ccc31)c1ccccc1C(C1=CCCC=C1)(c1ccccc1)C1=C2CCC=C1. The lowest BCUT2D eigenvalue weighted by atomic mass is 9.60. The molecule has 2 heteroatoms. The minimum Gasteiger partial charge on any atom is -0.359 e. The fourth-order valence-electron chi connectivity index (χ4n) is 9.91. The largest absolute Gasteiger partial charge is 0.359 e. The van der Waals surface area contributed by atoms with Gasteiger partial charge in [0, 0.05) is 16.5 Å². The number of nitrogens with one attached hydrogen (secondary N) is 1. The maximum atomic E-state index is 5.27. The van der Waals surface area contributed by atoms with Gasteiger partial charge in [-0.15, -0.1) is 0 Å². The van der Waals surface area contributed by atoms with Crippen molar-refractivity contribution in [1.82, 2.24) is 5.32 Å². The lowest BCUT2D eigenvalue weighted by Crippen LogP contribution is -2.35. The molecular weight excluding hydrogens is 629 g/mol. The molecule has 0 spiro atoms. The van der Waals surface area contributed by atoms with Gasteiger partial charge in [-0.3, -0.25) is 0 Å². The summed E-state index contributed by atoms with van der Waals surface area (Å²) in [6.45, 7) is 4.90. The van der Waals surface area contributed by atoms with Crippen LogP contribution in [0.5, 0.6) is 0 Å². The van der Waals surface area contributed by atoms with Crippen LogP contribution in [0.4, 0.5) is 5.69 Å². The minimum absolute atomic E-state index is 0.0213. The van der Waals surface area contributed by atoms with Crippen LogP contribution in [0, 0.1) is 0 Å². The molecule has 1 N–H and O–H groups in total. The Morgan fingerprint density at radius 3 is 2.25 bits per heavy atom. The Kier molecular flexibility index (Phi) is 7.12. The standard InChI is InChI=1S/C50H42N2/c1-49(2)41-31-30-34(48-51-44-29-17-14-26-39(44)47(52-48)33-18-6-3-7-19-33)32-40(41)45-37-24-12-15-27-42(37)50(35-20-8-4-9-21-35,36-22-10-5-11-23-36)43-28-16-13-25-38(43)46(45)49/h3-4,6-10,12,14-24,26-32,47H,5,11,13,25H2,1-2H3,(H,51,52). The Morgan fingerprint density at radius 1 is 0.673 bits per heavy atom. The first kappa shape index (κ1) is 31.0. The predicted octanol–water partition coefficient (Wildman–Crippen LogP) is 11.8. The van der Waals surface area contributed by atoms with Gasteiger partial charge in [0.05, 0.1) is 17.1 Å². The number of fused-ring (bicyclic) bond motifs is 6. The van der Waals surface area contributed by atoms with Crippen LogP contribution in [0.15, 0.2) is 185 Å². The van der Waals surface area contributed by atoms with Crippen LogP contribution in [0.3, 0.4) is 0 Å². The van der Waals surface area contributed by atoms with Crippen molar-refractivity contribution in [3.8, 4) is 0 Å². The van der Waals surface area contributed by atoms with E-state index in [9.17, 15) is 0 Å². The third-order valence-corrected chi connectivity index (χ3v) is 12.1. The molecule has 4 aliphatic carbocycles. The summed E-state index contributed by atoms with van der Waals surface area (Å²) in [5, 5.41) is 3.88. The Balaban J connectivity index is 1.23. The summed E-state index contributed by atoms with van der Waals surface area (Å²) in [6.07, 6.45) is 16.4. The number of para-hydroxylation sites is 1. The molecule has 5 aliphatic rings. The number of rotatable bonds is 4. The molecule has 252 valence electrons. The molecule has 0 fully saturated rings. The highest BCUT2D eigenvalue weighted by Gasteiger charge is 2.50. The summed E-state index contributed by atoms with van der Waals surface area (Å²) >= 11 is 0. The molecule has 1 aliphatic heterocycles. The van der Waals surface area contributed by atoms with Crippen LogP contribution in [0.2, 0.25) is 0 Å². The van der Waals surface area contributed by atoms with Gasteiger partial charge >= 0.3 is 0 Å². The van der Waals surface area contributed by atoms with E-state index in [1.165, 1.54) is 66.8 Å². The predicted molar refractivity (Wildman–Crippen MR) is 215 cm³/mol. The Labute approximate surface area is 307 Å². The second-order valence-electron chi connectivity index (χ2n) is 15.3. The zero-order chi connectivity index (χ0) is 34.9. The van der Waals surface area contributed by atoms with Crippen molar-refractivity contribution >= 4 is 17.1 Å². The van der Waals surface area contributed by atoms with Crippen LogP contribution in [-0.4, -0.2) is 5.84 Å². The zero-order valence-electron chi connectivity index (χ0n) is 29.9. The van der Waals surface area contributed by atoms with Crippen LogP contribution in [0.1, 0.15) is 90.1 Å². The minimum atomic E-state index is -0.430. The first-order chi connectivity index (χ1) is 25.6. The molecule has 2 nitrogen and oxygen atoms in total. The van der Waals surface area contributed by atoms with Gasteiger partial charge in [0.1, 0.15) is 5.84 Å². The van der Waals surface area contributed by atoms with E-state index in [-0.39, 0.29) is 11.5 Å². The molecule has 10 rings (SSSR count). The molecule has 0 saturated carbocycles. The fourth-order valence-corrected chi connectivity index (χ4v) is 9.91. The molecule has 2 unspecified atom stereocenters. The number of hydrogen-bond donors (Lipinski definition) is 1. The molecule has 0 radical (unpaired) electrons. The molecular formula is C50H42N2. The van der Waals surface area contributed by atoms with Gasteiger partial charge in [-0.25, -0.2) is 4.99 Å². The van der Waals surface area contributed by atoms with Crippen LogP contribution >= 0.6 is 0 Å². The van der Waals surface area contributed by atoms with Crippen LogP contribution < -0.4 is 5.32 Å². The average Bonchev–Trinajstić information content (AvgIpc) is 3.36. The highest BCUT2D eigenvalue weighted by atomic mass is 15.1. The van der Waals surface area contributed by atoms with Crippen molar-refractivity contribution in [3.05, 3.63) is 225 Å². The first-order valence-electron chi connectivity index (χ1n) is 18.9. The molecule has 2 atom stereocenters. The van der Waals surface area contributed by atoms with Gasteiger partial charge in [0.15, 0.2) is 0 Å². The maximum absolute atomic E-state index is 5.27. The van der Waals surface area contributed by atoms with E-state index in [4.69, 9.17) is 4.99 Å². The van der Waals surface area contributed by atoms with Gasteiger partial charge < -0.3 is 5.32 Å². The van der Waals surface area contributed by atoms with Gasteiger partial charge in [-0.05, 0) is 99.1 Å². The molecule has 0 amide bonds. The summed E-state index contributed by atoms with van der Waals surface area (Å²) in [5.74, 6) is 0.917. The lowest BCUT2D eigenvalue weighted by molar-refractivity contribution is 0.627. The molecule has 5 aromatic rings. The van der Waals surface area contributed by atoms with E-state index in [0.29, 0.717) is 0 Å². The molecule has 0 aromatic heterocycles. The summed E-state index contributed by atoms with van der Waals surface area (Å²) in [6, 6.07) is 47.1. The quantitative estimate of drug-likeness (QED) is 0.202. The Hall–Kier alpha value is -5.73. The topological polar surface area (TPSA) is 24.4 Å². The number of allylic oxidation sites excluding steroid dienone is 9. The van der Waals surface area contributed by atoms with Gasteiger partial charge in [0.2, 0.25) is 0 Å². The number of nitrogens with zero attached hydrogens (tertiary/aromatic N) is 1. The molecule has 0 bridgehead atoms. The van der Waals surface area contributed by atoms with Gasteiger partial charge in [-0.1, -0.05) is 159 Å². The van der Waals surface area contributed by atoms with Crippen molar-refractivity contribution in [2.75, 3.05) is 0 Å². The summed E-state index contributed by atoms with van der Waals surface area (Å²) in [4.78, 5) is 5.27. The van der Waals surface area contributed by atoms with E-state index < -0.39 is 5.41 Å². The van der Waals surface area contributed by atoms with E-state index in [0.717, 1.165) is 42.8 Å². The molecule has 5 aromatic carbocycles. The third-order valence-electron chi connectivity index (χ3n) is 12.1. The van der Waals surface area contributed by atoms with E-state index in [1.54, 1.807) is 0 Å². The van der Waals surface area contributed by atoms with Gasteiger partial charge in [0.25, 0.3) is 0 Å². The normalized spacial score (nSPS) is 22.2. The maximum Gasteiger partial charge on any atom is 0.134 e. The Bertz CT molecular complexity index is 2450. The first-order valence-corrected chi connectivity index (χ1v) is 18.9. The second kappa shape index (κ2) is 11.9. The summed E-state index contributed by atoms with van der Waals surface area (Å²) < 4.78 is 0. The van der Waals surface area contributed by atoms with E-state index >= 15 is 0 Å². The Morgan fingerprint density at radius 2 is 1.42 bits per heavy atom. The van der Waals surface area contributed by atoms with Crippen molar-refractivity contribution in [2.24, 2.45) is 4.99 Å². The summed E-state index contributed by atoms with van der Waals surface area (Å²) in [5.41, 5.74) is 17.9. The highest BCUT2D eigenvalue weighted by Crippen LogP contribution is 2.61. The number of amidine groups is 1. The smallest absolute Gasteiger partial charge is 0.134 e. The van der Waals surface area contributed by atoms with Crippen LogP contribution in [0.25, 0.3) is 5.57 Å². The van der Waals surface area contributed by atoms with Gasteiger partial charge in [-0.2, -0.15) is 0 Å². The van der Waals surface area contributed by atoms with Crippen LogP contribution in [-0.2, 0) is 10.8 Å². The fraction of sp³-hybridized carbons (Fsp3) is 0.180. The summed E-state index contributed by atoms with van der Waals surface area (Å²) in [7, 11) is 0. The van der Waals surface area contributed by atoms with Crippen molar-refractivity contribution in [3.63, 3.8) is 0 Å². The average molecular weight is 671 g/mol. The van der Waals surface area contributed by atoms with E-state index in [2.05, 4.69) is 177 Å². The highest BCUT2D eigenvalue weighted by molar-refractivity contribution is 6.05. The molecule has 52 heavy (non-hydrogen) atoms. The molecule has 1 heterocycles. The van der Waals surface area contributed by atoms with Crippen molar-refractivity contribution in [2.45, 2.75) is 56.4 Å². The zero-order valence-corrected chi connectivity index (χ0v) is 29.9. The lowest BCUT2D eigenvalue weighted by Gasteiger charge is -2.42. The van der Waals surface area contributed by atoms with E-state index in [1.807, 2.05) is 0 Å². The van der Waals surface area contributed by atoms with Crippen molar-refractivity contribution < 1.29 is 0 Å². The van der Waals surface area contributed by atoms with Crippen molar-refractivity contribution in [1.29, 1.82) is 0 Å². The number of hydrogen-bond acceptors (Lipinski definition) is 2. The molecule has 0 saturated heterocycles. The monoisotopic (exact) mass is 670 g/mol. The second-order valence-corrected chi connectivity index (χ2v) is 15.3. The number of benzene rings is 5.